The average Bonchev–Trinajstić information content (AvgIpc) is 2.15. The van der Waals surface area contributed by atoms with Crippen molar-refractivity contribution in [2.45, 2.75) is 13.0 Å². The first-order valence-electron chi connectivity index (χ1n) is 4.14. The molecule has 0 saturated heterocycles. The Morgan fingerprint density at radius 2 is 2.36 bits per heavy atom. The summed E-state index contributed by atoms with van der Waals surface area (Å²) in [5, 5.41) is 17.4. The molecule has 14 heavy (non-hydrogen) atoms. The molecule has 1 rings (SSSR count). The first-order valence-corrected chi connectivity index (χ1v) is 4.14. The number of nitrogens with zero attached hydrogens (tertiary/aromatic N) is 1. The molecular weight excluding hydrogens is 185 g/mol. The number of aliphatic hydroxyl groups is 1. The SMILES string of the molecule is C[C@H](O)COc1ccc(C#N)cc1F. The van der Waals surface area contributed by atoms with Crippen molar-refractivity contribution in [1.29, 1.82) is 5.26 Å². The van der Waals surface area contributed by atoms with Gasteiger partial charge in [-0.2, -0.15) is 5.26 Å². The molecule has 0 unspecified atom stereocenters. The molecule has 0 fully saturated rings. The minimum absolute atomic E-state index is 0.0306. The molecule has 1 aromatic carbocycles. The second-order valence-corrected chi connectivity index (χ2v) is 2.92. The third kappa shape index (κ3) is 2.71. The van der Waals surface area contributed by atoms with Crippen LogP contribution in [0.3, 0.4) is 0 Å². The largest absolute Gasteiger partial charge is 0.488 e. The molecule has 1 atom stereocenters. The number of hydrogen-bond acceptors (Lipinski definition) is 3. The highest BCUT2D eigenvalue weighted by atomic mass is 19.1. The lowest BCUT2D eigenvalue weighted by Gasteiger charge is -2.08. The van der Waals surface area contributed by atoms with Gasteiger partial charge < -0.3 is 9.84 Å². The normalized spacial score (nSPS) is 11.9. The van der Waals surface area contributed by atoms with Gasteiger partial charge in [-0.15, -0.1) is 0 Å². The molecule has 0 aliphatic heterocycles. The van der Waals surface area contributed by atoms with Gasteiger partial charge in [0.15, 0.2) is 11.6 Å². The van der Waals surface area contributed by atoms with Crippen LogP contribution < -0.4 is 4.74 Å². The number of halogens is 1. The van der Waals surface area contributed by atoms with Gasteiger partial charge in [-0.25, -0.2) is 4.39 Å². The summed E-state index contributed by atoms with van der Waals surface area (Å²) in [5.74, 6) is -0.547. The molecule has 1 N–H and O–H groups in total. The first-order chi connectivity index (χ1) is 6.63. The summed E-state index contributed by atoms with van der Waals surface area (Å²) in [6.07, 6.45) is -0.648. The van der Waals surface area contributed by atoms with Crippen molar-refractivity contribution in [2.24, 2.45) is 0 Å². The Bertz CT molecular complexity index is 358. The second-order valence-electron chi connectivity index (χ2n) is 2.92. The fraction of sp³-hybridized carbons (Fsp3) is 0.300. The van der Waals surface area contributed by atoms with Crippen molar-refractivity contribution in [3.8, 4) is 11.8 Å². The van der Waals surface area contributed by atoms with Crippen LogP contribution in [0.5, 0.6) is 5.75 Å². The molecule has 1 aromatic rings. The molecule has 0 heterocycles. The van der Waals surface area contributed by atoms with Gasteiger partial charge in [-0.1, -0.05) is 0 Å². The third-order valence-corrected chi connectivity index (χ3v) is 1.54. The smallest absolute Gasteiger partial charge is 0.166 e. The van der Waals surface area contributed by atoms with E-state index in [0.29, 0.717) is 0 Å². The van der Waals surface area contributed by atoms with E-state index in [4.69, 9.17) is 15.1 Å². The molecule has 4 heteroatoms. The van der Waals surface area contributed by atoms with Gasteiger partial charge in [0.1, 0.15) is 6.61 Å². The lowest BCUT2D eigenvalue weighted by Crippen LogP contribution is -2.13. The van der Waals surface area contributed by atoms with Crippen LogP contribution in [-0.2, 0) is 0 Å². The van der Waals surface area contributed by atoms with Crippen LogP contribution in [0, 0.1) is 17.1 Å². The van der Waals surface area contributed by atoms with Crippen LogP contribution in [0.1, 0.15) is 12.5 Å². The molecule has 0 aromatic heterocycles. The third-order valence-electron chi connectivity index (χ3n) is 1.54. The summed E-state index contributed by atoms with van der Waals surface area (Å²) in [6.45, 7) is 1.57. The van der Waals surface area contributed by atoms with E-state index in [-0.39, 0.29) is 17.9 Å². The average molecular weight is 195 g/mol. The van der Waals surface area contributed by atoms with Crippen LogP contribution in [0.4, 0.5) is 4.39 Å². The van der Waals surface area contributed by atoms with Crippen molar-refractivity contribution in [2.75, 3.05) is 6.61 Å². The van der Waals surface area contributed by atoms with Crippen molar-refractivity contribution in [3.05, 3.63) is 29.6 Å². The minimum Gasteiger partial charge on any atom is -0.488 e. The monoisotopic (exact) mass is 195 g/mol. The number of benzene rings is 1. The van der Waals surface area contributed by atoms with E-state index in [1.165, 1.54) is 12.1 Å². The minimum atomic E-state index is -0.648. The number of nitriles is 1. The first kappa shape index (κ1) is 10.5. The van der Waals surface area contributed by atoms with E-state index in [2.05, 4.69) is 0 Å². The summed E-state index contributed by atoms with van der Waals surface area (Å²) in [7, 11) is 0. The highest BCUT2D eigenvalue weighted by Gasteiger charge is 2.05. The standard InChI is InChI=1S/C10H10FNO2/c1-7(13)6-14-10-3-2-8(5-12)4-9(10)11/h2-4,7,13H,6H2,1H3/t7-/m0/s1. The van der Waals surface area contributed by atoms with Gasteiger partial charge in [0.2, 0.25) is 0 Å². The van der Waals surface area contributed by atoms with Gasteiger partial charge in [0.05, 0.1) is 17.7 Å². The fourth-order valence-electron chi connectivity index (χ4n) is 0.898. The van der Waals surface area contributed by atoms with E-state index < -0.39 is 11.9 Å². The zero-order chi connectivity index (χ0) is 10.6. The Morgan fingerprint density at radius 1 is 1.64 bits per heavy atom. The van der Waals surface area contributed by atoms with Crippen molar-refractivity contribution in [3.63, 3.8) is 0 Å². The number of aliphatic hydroxyl groups excluding tert-OH is 1. The fourth-order valence-corrected chi connectivity index (χ4v) is 0.898. The Morgan fingerprint density at radius 3 is 2.86 bits per heavy atom. The highest BCUT2D eigenvalue weighted by Crippen LogP contribution is 2.17. The van der Waals surface area contributed by atoms with Gasteiger partial charge in [0, 0.05) is 0 Å². The molecule has 0 aliphatic carbocycles. The number of rotatable bonds is 3. The van der Waals surface area contributed by atoms with Crippen LogP contribution in [-0.4, -0.2) is 17.8 Å². The van der Waals surface area contributed by atoms with Crippen LogP contribution in [0.2, 0.25) is 0 Å². The maximum Gasteiger partial charge on any atom is 0.166 e. The summed E-state index contributed by atoms with van der Waals surface area (Å²) in [6, 6.07) is 5.74. The zero-order valence-electron chi connectivity index (χ0n) is 7.70. The molecule has 74 valence electrons. The molecule has 0 spiro atoms. The molecular formula is C10H10FNO2. The molecule has 3 nitrogen and oxygen atoms in total. The molecule has 0 bridgehead atoms. The predicted molar refractivity (Wildman–Crippen MR) is 48.3 cm³/mol. The van der Waals surface area contributed by atoms with E-state index in [9.17, 15) is 4.39 Å². The summed E-state index contributed by atoms with van der Waals surface area (Å²) in [5.41, 5.74) is 0.242. The topological polar surface area (TPSA) is 53.2 Å². The summed E-state index contributed by atoms with van der Waals surface area (Å²) in [4.78, 5) is 0. The molecule has 0 aliphatic rings. The van der Waals surface area contributed by atoms with Crippen molar-refractivity contribution >= 4 is 0 Å². The van der Waals surface area contributed by atoms with Crippen LogP contribution in [0.15, 0.2) is 18.2 Å². The van der Waals surface area contributed by atoms with Crippen LogP contribution in [0.25, 0.3) is 0 Å². The summed E-state index contributed by atoms with van der Waals surface area (Å²) < 4.78 is 18.1. The zero-order valence-corrected chi connectivity index (χ0v) is 7.70. The lowest BCUT2D eigenvalue weighted by molar-refractivity contribution is 0.120. The van der Waals surface area contributed by atoms with Crippen molar-refractivity contribution < 1.29 is 14.2 Å². The van der Waals surface area contributed by atoms with E-state index >= 15 is 0 Å². The Kier molecular flexibility index (Phi) is 3.43. The van der Waals surface area contributed by atoms with Crippen molar-refractivity contribution in [1.82, 2.24) is 0 Å². The van der Waals surface area contributed by atoms with E-state index in [1.807, 2.05) is 6.07 Å². The maximum atomic E-state index is 13.1. The molecule has 0 radical (unpaired) electrons. The Balaban J connectivity index is 2.75. The summed E-state index contributed by atoms with van der Waals surface area (Å²) >= 11 is 0. The highest BCUT2D eigenvalue weighted by molar-refractivity contribution is 5.35. The maximum absolute atomic E-state index is 13.1. The Labute approximate surface area is 81.4 Å². The second kappa shape index (κ2) is 4.58. The van der Waals surface area contributed by atoms with E-state index in [0.717, 1.165) is 6.07 Å². The van der Waals surface area contributed by atoms with Gasteiger partial charge in [-0.3, -0.25) is 0 Å². The molecule has 0 amide bonds. The predicted octanol–water partition coefficient (Wildman–Crippen LogP) is 1.46. The van der Waals surface area contributed by atoms with Gasteiger partial charge >= 0.3 is 0 Å². The van der Waals surface area contributed by atoms with Crippen LogP contribution >= 0.6 is 0 Å². The van der Waals surface area contributed by atoms with E-state index in [1.54, 1.807) is 6.92 Å². The van der Waals surface area contributed by atoms with Gasteiger partial charge in [-0.05, 0) is 25.1 Å². The molecule has 0 saturated carbocycles. The Hall–Kier alpha value is -1.60. The number of ether oxygens (including phenoxy) is 1. The quantitative estimate of drug-likeness (QED) is 0.794. The van der Waals surface area contributed by atoms with Gasteiger partial charge in [0.25, 0.3) is 0 Å². The lowest BCUT2D eigenvalue weighted by atomic mass is 10.2. The number of hydrogen-bond donors (Lipinski definition) is 1.